The summed E-state index contributed by atoms with van der Waals surface area (Å²) in [6.45, 7) is 0.715. The van der Waals surface area contributed by atoms with Gasteiger partial charge >= 0.3 is 6.18 Å². The van der Waals surface area contributed by atoms with Crippen molar-refractivity contribution in [1.29, 1.82) is 0 Å². The molecule has 90 valence electrons. The van der Waals surface area contributed by atoms with Crippen molar-refractivity contribution in [2.45, 2.75) is 25.2 Å². The fraction of sp³-hybridized carbons (Fsp3) is 0.400. The molecule has 0 bridgehead atoms. The van der Waals surface area contributed by atoms with E-state index in [1.165, 1.54) is 12.1 Å². The predicted molar refractivity (Wildman–Crippen MR) is 54.4 cm³/mol. The number of nitrogens with two attached hydrogens (primary N) is 2. The first-order valence-electron chi connectivity index (χ1n) is 4.58. The van der Waals surface area contributed by atoms with Gasteiger partial charge in [0.05, 0.1) is 0 Å². The number of aliphatic hydroxyl groups is 1. The average Bonchev–Trinajstić information content (AvgIpc) is 2.16. The lowest BCUT2D eigenvalue weighted by Crippen LogP contribution is -2.39. The Morgan fingerprint density at radius 2 is 1.88 bits per heavy atom. The average molecular weight is 234 g/mol. The van der Waals surface area contributed by atoms with Crippen molar-refractivity contribution in [2.24, 2.45) is 5.73 Å². The number of hydrogen-bond donors (Lipinski definition) is 3. The van der Waals surface area contributed by atoms with Gasteiger partial charge in [-0.05, 0) is 30.2 Å². The summed E-state index contributed by atoms with van der Waals surface area (Å²) >= 11 is 0. The largest absolute Gasteiger partial charge is 0.421 e. The Labute approximate surface area is 90.9 Å². The van der Waals surface area contributed by atoms with E-state index in [1.54, 1.807) is 0 Å². The number of rotatable bonds is 2. The van der Waals surface area contributed by atoms with Gasteiger partial charge in [-0.15, -0.1) is 0 Å². The van der Waals surface area contributed by atoms with Crippen LogP contribution in [-0.2, 0) is 12.1 Å². The van der Waals surface area contributed by atoms with Crippen molar-refractivity contribution in [1.82, 2.24) is 0 Å². The molecular weight excluding hydrogens is 221 g/mol. The summed E-state index contributed by atoms with van der Waals surface area (Å²) in [7, 11) is 0. The van der Waals surface area contributed by atoms with Crippen LogP contribution in [0.3, 0.4) is 0 Å². The zero-order valence-electron chi connectivity index (χ0n) is 8.67. The van der Waals surface area contributed by atoms with E-state index >= 15 is 0 Å². The van der Waals surface area contributed by atoms with Gasteiger partial charge in [0.1, 0.15) is 0 Å². The van der Waals surface area contributed by atoms with Crippen LogP contribution in [0.2, 0.25) is 0 Å². The van der Waals surface area contributed by atoms with Crippen molar-refractivity contribution < 1.29 is 18.3 Å². The minimum absolute atomic E-state index is 0.0214. The molecule has 6 heteroatoms. The molecule has 1 rings (SSSR count). The highest BCUT2D eigenvalue weighted by molar-refractivity contribution is 5.49. The van der Waals surface area contributed by atoms with Gasteiger partial charge in [-0.25, -0.2) is 0 Å². The number of halogens is 3. The maximum absolute atomic E-state index is 12.5. The van der Waals surface area contributed by atoms with Crippen molar-refractivity contribution in [3.8, 4) is 0 Å². The molecule has 0 heterocycles. The Bertz CT molecular complexity index is 388. The van der Waals surface area contributed by atoms with Gasteiger partial charge in [0.2, 0.25) is 0 Å². The van der Waals surface area contributed by atoms with E-state index in [-0.39, 0.29) is 12.1 Å². The van der Waals surface area contributed by atoms with Gasteiger partial charge in [0, 0.05) is 12.2 Å². The van der Waals surface area contributed by atoms with E-state index in [9.17, 15) is 18.3 Å². The van der Waals surface area contributed by atoms with E-state index in [4.69, 9.17) is 11.5 Å². The van der Waals surface area contributed by atoms with Crippen LogP contribution in [0.15, 0.2) is 18.2 Å². The number of hydrogen-bond acceptors (Lipinski definition) is 3. The quantitative estimate of drug-likeness (QED) is 0.679. The molecule has 3 nitrogen and oxygen atoms in total. The third kappa shape index (κ3) is 2.12. The second kappa shape index (κ2) is 3.95. The highest BCUT2D eigenvalue weighted by Gasteiger charge is 2.51. The second-order valence-corrected chi connectivity index (χ2v) is 3.69. The molecule has 0 aromatic heterocycles. The molecule has 1 aromatic rings. The second-order valence-electron chi connectivity index (χ2n) is 3.69. The summed E-state index contributed by atoms with van der Waals surface area (Å²) in [6.07, 6.45) is -4.74. The van der Waals surface area contributed by atoms with Crippen LogP contribution in [-0.4, -0.2) is 11.3 Å². The summed E-state index contributed by atoms with van der Waals surface area (Å²) in [5, 5.41) is 9.43. The van der Waals surface area contributed by atoms with Gasteiger partial charge < -0.3 is 16.6 Å². The predicted octanol–water partition coefficient (Wildman–Crippen LogP) is 1.50. The van der Waals surface area contributed by atoms with Gasteiger partial charge in [-0.3, -0.25) is 0 Å². The molecule has 0 saturated carbocycles. The van der Waals surface area contributed by atoms with Crippen LogP contribution in [0.25, 0.3) is 0 Å². The van der Waals surface area contributed by atoms with Crippen LogP contribution in [0, 0.1) is 0 Å². The Morgan fingerprint density at radius 1 is 1.31 bits per heavy atom. The minimum Gasteiger partial charge on any atom is -0.398 e. The zero-order valence-corrected chi connectivity index (χ0v) is 8.67. The van der Waals surface area contributed by atoms with E-state index in [0.717, 1.165) is 6.07 Å². The van der Waals surface area contributed by atoms with Crippen LogP contribution >= 0.6 is 0 Å². The molecule has 0 aliphatic heterocycles. The van der Waals surface area contributed by atoms with Crippen LogP contribution in [0.5, 0.6) is 0 Å². The SMILES string of the molecule is CC(O)(c1ccc(N)c(CN)c1)C(F)(F)F. The first-order valence-corrected chi connectivity index (χ1v) is 4.58. The van der Waals surface area contributed by atoms with Gasteiger partial charge in [0.25, 0.3) is 0 Å². The molecule has 1 unspecified atom stereocenters. The summed E-state index contributed by atoms with van der Waals surface area (Å²) in [5.41, 5.74) is 8.36. The lowest BCUT2D eigenvalue weighted by atomic mass is 9.93. The van der Waals surface area contributed by atoms with Gasteiger partial charge in [-0.2, -0.15) is 13.2 Å². The van der Waals surface area contributed by atoms with Crippen LogP contribution < -0.4 is 11.5 Å². The standard InChI is InChI=1S/C10H13F3N2O/c1-9(16,10(11,12)13)7-2-3-8(15)6(4-7)5-14/h2-4,16H,5,14-15H2,1H3. The molecule has 0 fully saturated rings. The lowest BCUT2D eigenvalue weighted by Gasteiger charge is -2.27. The van der Waals surface area contributed by atoms with E-state index < -0.39 is 11.8 Å². The molecule has 0 aliphatic carbocycles. The van der Waals surface area contributed by atoms with Gasteiger partial charge in [-0.1, -0.05) is 6.07 Å². The van der Waals surface area contributed by atoms with Crippen molar-refractivity contribution >= 4 is 5.69 Å². The molecule has 0 amide bonds. The molecule has 0 radical (unpaired) electrons. The Balaban J connectivity index is 3.24. The van der Waals surface area contributed by atoms with Crippen molar-refractivity contribution in [2.75, 3.05) is 5.73 Å². The lowest BCUT2D eigenvalue weighted by molar-refractivity contribution is -0.258. The zero-order chi connectivity index (χ0) is 12.6. The number of benzene rings is 1. The summed E-state index contributed by atoms with van der Waals surface area (Å²) in [6, 6.07) is 3.61. The molecule has 0 saturated heterocycles. The van der Waals surface area contributed by atoms with E-state index in [1.807, 2.05) is 0 Å². The first-order chi connectivity index (χ1) is 7.20. The number of anilines is 1. The molecule has 0 spiro atoms. The molecule has 0 aliphatic rings. The van der Waals surface area contributed by atoms with Crippen molar-refractivity contribution in [3.63, 3.8) is 0 Å². The number of alkyl halides is 3. The Hall–Kier alpha value is -1.27. The Morgan fingerprint density at radius 3 is 2.31 bits per heavy atom. The maximum Gasteiger partial charge on any atom is 0.421 e. The highest BCUT2D eigenvalue weighted by atomic mass is 19.4. The molecule has 1 aromatic carbocycles. The fourth-order valence-electron chi connectivity index (χ4n) is 1.25. The minimum atomic E-state index is -4.74. The van der Waals surface area contributed by atoms with Crippen LogP contribution in [0.4, 0.5) is 18.9 Å². The third-order valence-corrected chi connectivity index (χ3v) is 2.48. The first kappa shape index (κ1) is 12.8. The third-order valence-electron chi connectivity index (χ3n) is 2.48. The normalized spacial score (nSPS) is 15.9. The molecular formula is C10H13F3N2O. The van der Waals surface area contributed by atoms with Crippen molar-refractivity contribution in [3.05, 3.63) is 29.3 Å². The topological polar surface area (TPSA) is 72.3 Å². The summed E-state index contributed by atoms with van der Waals surface area (Å²) in [4.78, 5) is 0. The van der Waals surface area contributed by atoms with Gasteiger partial charge in [0.15, 0.2) is 5.60 Å². The monoisotopic (exact) mass is 234 g/mol. The highest BCUT2D eigenvalue weighted by Crippen LogP contribution is 2.39. The van der Waals surface area contributed by atoms with Crippen LogP contribution in [0.1, 0.15) is 18.1 Å². The number of nitrogen functional groups attached to an aromatic ring is 1. The molecule has 1 atom stereocenters. The smallest absolute Gasteiger partial charge is 0.398 e. The summed E-state index contributed by atoms with van der Waals surface area (Å²) < 4.78 is 37.6. The summed E-state index contributed by atoms with van der Waals surface area (Å²) in [5.74, 6) is 0. The Kier molecular flexibility index (Phi) is 3.16. The molecule has 5 N–H and O–H groups in total. The molecule has 16 heavy (non-hydrogen) atoms. The van der Waals surface area contributed by atoms with E-state index in [2.05, 4.69) is 0 Å². The maximum atomic E-state index is 12.5. The van der Waals surface area contributed by atoms with E-state index in [0.29, 0.717) is 18.2 Å². The fourth-order valence-corrected chi connectivity index (χ4v) is 1.25.